The van der Waals surface area contributed by atoms with E-state index in [2.05, 4.69) is 5.32 Å². The lowest BCUT2D eigenvalue weighted by Gasteiger charge is -2.18. The summed E-state index contributed by atoms with van der Waals surface area (Å²) in [5.41, 5.74) is 0.992. The van der Waals surface area contributed by atoms with Crippen molar-refractivity contribution in [1.29, 1.82) is 0 Å². The Hall–Kier alpha value is -2.99. The van der Waals surface area contributed by atoms with E-state index in [-0.39, 0.29) is 24.1 Å². The van der Waals surface area contributed by atoms with Crippen LogP contribution in [0.4, 0.5) is 0 Å². The minimum Gasteiger partial charge on any atom is -0.484 e. The molecule has 1 heterocycles. The fourth-order valence-electron chi connectivity index (χ4n) is 2.74. The first-order valence-electron chi connectivity index (χ1n) is 9.34. The molecule has 1 atom stereocenters. The zero-order valence-electron chi connectivity index (χ0n) is 16.0. The smallest absolute Gasteiger partial charge is 0.258 e. The third-order valence-corrected chi connectivity index (χ3v) is 5.17. The number of amides is 1. The number of carbonyl (C=O) groups excluding carboxylic acids is 2. The largest absolute Gasteiger partial charge is 0.484 e. The van der Waals surface area contributed by atoms with Crippen LogP contribution in [-0.4, -0.2) is 30.1 Å². The lowest BCUT2D eigenvalue weighted by Crippen LogP contribution is -2.45. The standard InChI is InChI=1S/C23H23NO4S/c25-22(17-29-16-20-12-7-13-27-20)21(14-18-8-3-1-4-9-18)24-23(26)15-28-19-10-5-2-6-11-19/h1-13,21H,14-17H2,(H,24,26)/t21-/m0/s1. The van der Waals surface area contributed by atoms with Crippen molar-refractivity contribution in [2.24, 2.45) is 0 Å². The van der Waals surface area contributed by atoms with Crippen LogP contribution in [0.1, 0.15) is 11.3 Å². The maximum atomic E-state index is 12.8. The Morgan fingerprint density at radius 3 is 2.38 bits per heavy atom. The lowest BCUT2D eigenvalue weighted by atomic mass is 10.0. The molecular formula is C23H23NO4S. The van der Waals surface area contributed by atoms with Crippen molar-refractivity contribution in [3.8, 4) is 5.75 Å². The highest BCUT2D eigenvalue weighted by Gasteiger charge is 2.21. The van der Waals surface area contributed by atoms with Crippen molar-refractivity contribution < 1.29 is 18.7 Å². The van der Waals surface area contributed by atoms with Crippen molar-refractivity contribution in [3.63, 3.8) is 0 Å². The van der Waals surface area contributed by atoms with Gasteiger partial charge in [0, 0.05) is 0 Å². The number of Topliss-reactive ketones (excluding diaryl/α,β-unsaturated/α-hetero) is 1. The highest BCUT2D eigenvalue weighted by molar-refractivity contribution is 7.99. The molecule has 1 N–H and O–H groups in total. The Labute approximate surface area is 174 Å². The molecule has 1 aromatic heterocycles. The van der Waals surface area contributed by atoms with Gasteiger partial charge in [0.05, 0.1) is 23.8 Å². The zero-order valence-corrected chi connectivity index (χ0v) is 16.8. The molecule has 0 aliphatic heterocycles. The summed E-state index contributed by atoms with van der Waals surface area (Å²) in [6.07, 6.45) is 2.06. The summed E-state index contributed by atoms with van der Waals surface area (Å²) in [5.74, 6) is 1.99. The summed E-state index contributed by atoms with van der Waals surface area (Å²) in [6, 6.07) is 21.9. The number of furan rings is 1. The summed E-state index contributed by atoms with van der Waals surface area (Å²) in [7, 11) is 0. The first-order chi connectivity index (χ1) is 14.2. The summed E-state index contributed by atoms with van der Waals surface area (Å²) < 4.78 is 10.8. The molecule has 6 heteroatoms. The predicted octanol–water partition coefficient (Wildman–Crippen LogP) is 3.89. The van der Waals surface area contributed by atoms with Gasteiger partial charge < -0.3 is 14.5 Å². The van der Waals surface area contributed by atoms with Crippen LogP contribution in [0.3, 0.4) is 0 Å². The molecule has 0 aliphatic rings. The number of rotatable bonds is 11. The number of carbonyl (C=O) groups is 2. The fourth-order valence-corrected chi connectivity index (χ4v) is 3.61. The van der Waals surface area contributed by atoms with Crippen LogP contribution in [0.15, 0.2) is 83.5 Å². The average molecular weight is 410 g/mol. The van der Waals surface area contributed by atoms with Gasteiger partial charge in [-0.3, -0.25) is 9.59 Å². The van der Waals surface area contributed by atoms with Crippen LogP contribution < -0.4 is 10.1 Å². The molecule has 0 radical (unpaired) electrons. The third-order valence-electron chi connectivity index (χ3n) is 4.19. The number of ether oxygens (including phenoxy) is 1. The van der Waals surface area contributed by atoms with Crippen LogP contribution in [0.25, 0.3) is 0 Å². The van der Waals surface area contributed by atoms with Gasteiger partial charge >= 0.3 is 0 Å². The molecule has 0 spiro atoms. The Balaban J connectivity index is 1.55. The van der Waals surface area contributed by atoms with Gasteiger partial charge in [0.25, 0.3) is 5.91 Å². The van der Waals surface area contributed by atoms with E-state index in [1.807, 2.05) is 60.7 Å². The molecule has 2 aromatic carbocycles. The molecule has 0 fully saturated rings. The average Bonchev–Trinajstić information content (AvgIpc) is 3.27. The normalized spacial score (nSPS) is 11.6. The van der Waals surface area contributed by atoms with E-state index in [0.717, 1.165) is 11.3 Å². The molecular weight excluding hydrogens is 386 g/mol. The van der Waals surface area contributed by atoms with Gasteiger partial charge in [0.1, 0.15) is 11.5 Å². The minimum absolute atomic E-state index is 0.0292. The predicted molar refractivity (Wildman–Crippen MR) is 114 cm³/mol. The second kappa shape index (κ2) is 11.1. The van der Waals surface area contributed by atoms with Gasteiger partial charge in [-0.25, -0.2) is 0 Å². The van der Waals surface area contributed by atoms with E-state index in [4.69, 9.17) is 9.15 Å². The molecule has 3 rings (SSSR count). The van der Waals surface area contributed by atoms with Crippen LogP contribution in [0, 0.1) is 0 Å². The molecule has 1 amide bonds. The Morgan fingerprint density at radius 1 is 0.966 bits per heavy atom. The number of nitrogens with one attached hydrogen (secondary N) is 1. The first kappa shape index (κ1) is 20.7. The molecule has 0 unspecified atom stereocenters. The van der Waals surface area contributed by atoms with Gasteiger partial charge in [0.2, 0.25) is 0 Å². The van der Waals surface area contributed by atoms with Gasteiger partial charge in [-0.1, -0.05) is 48.5 Å². The topological polar surface area (TPSA) is 68.5 Å². The first-order valence-corrected chi connectivity index (χ1v) is 10.5. The maximum Gasteiger partial charge on any atom is 0.258 e. The van der Waals surface area contributed by atoms with Crippen LogP contribution in [0.5, 0.6) is 5.75 Å². The van der Waals surface area contributed by atoms with Gasteiger partial charge in [-0.15, -0.1) is 11.8 Å². The van der Waals surface area contributed by atoms with Crippen LogP contribution >= 0.6 is 11.8 Å². The zero-order chi connectivity index (χ0) is 20.3. The molecule has 5 nitrogen and oxygen atoms in total. The van der Waals surface area contributed by atoms with Gasteiger partial charge in [-0.2, -0.15) is 0 Å². The monoisotopic (exact) mass is 409 g/mol. The summed E-state index contributed by atoms with van der Waals surface area (Å²) in [6.45, 7) is -0.137. The number of hydrogen-bond donors (Lipinski definition) is 1. The summed E-state index contributed by atoms with van der Waals surface area (Å²) >= 11 is 1.47. The summed E-state index contributed by atoms with van der Waals surface area (Å²) in [4.78, 5) is 25.2. The Kier molecular flexibility index (Phi) is 7.95. The number of ketones is 1. The molecule has 3 aromatic rings. The Bertz CT molecular complexity index is 882. The van der Waals surface area contributed by atoms with Crippen molar-refractivity contribution in [2.75, 3.05) is 12.4 Å². The Morgan fingerprint density at radius 2 is 1.69 bits per heavy atom. The second-order valence-electron chi connectivity index (χ2n) is 6.45. The molecule has 0 saturated carbocycles. The quantitative estimate of drug-likeness (QED) is 0.520. The highest BCUT2D eigenvalue weighted by Crippen LogP contribution is 2.14. The van der Waals surface area contributed by atoms with E-state index in [0.29, 0.717) is 17.9 Å². The van der Waals surface area contributed by atoms with E-state index in [1.165, 1.54) is 11.8 Å². The maximum absolute atomic E-state index is 12.8. The van der Waals surface area contributed by atoms with E-state index < -0.39 is 6.04 Å². The molecule has 29 heavy (non-hydrogen) atoms. The highest BCUT2D eigenvalue weighted by atomic mass is 32.2. The third kappa shape index (κ3) is 7.16. The van der Waals surface area contributed by atoms with E-state index in [9.17, 15) is 9.59 Å². The van der Waals surface area contributed by atoms with E-state index in [1.54, 1.807) is 18.4 Å². The van der Waals surface area contributed by atoms with Crippen molar-refractivity contribution >= 4 is 23.5 Å². The summed E-state index contributed by atoms with van der Waals surface area (Å²) in [5, 5.41) is 2.83. The van der Waals surface area contributed by atoms with Gasteiger partial charge in [0.15, 0.2) is 12.4 Å². The van der Waals surface area contributed by atoms with Crippen molar-refractivity contribution in [3.05, 3.63) is 90.4 Å². The van der Waals surface area contributed by atoms with Crippen molar-refractivity contribution in [1.82, 2.24) is 5.32 Å². The number of hydrogen-bond acceptors (Lipinski definition) is 5. The van der Waals surface area contributed by atoms with Crippen LogP contribution in [0.2, 0.25) is 0 Å². The minimum atomic E-state index is -0.603. The lowest BCUT2D eigenvalue weighted by molar-refractivity contribution is -0.128. The van der Waals surface area contributed by atoms with E-state index >= 15 is 0 Å². The molecule has 0 aliphatic carbocycles. The number of thioether (sulfide) groups is 1. The number of para-hydroxylation sites is 1. The molecule has 0 bridgehead atoms. The fraction of sp³-hybridized carbons (Fsp3) is 0.217. The molecule has 150 valence electrons. The van der Waals surface area contributed by atoms with Crippen LogP contribution in [-0.2, 0) is 21.8 Å². The SMILES string of the molecule is O=C(COc1ccccc1)N[C@@H](Cc1ccccc1)C(=O)CSCc1ccco1. The van der Waals surface area contributed by atoms with Crippen molar-refractivity contribution in [2.45, 2.75) is 18.2 Å². The second-order valence-corrected chi connectivity index (χ2v) is 7.44. The molecule has 0 saturated heterocycles. The number of benzene rings is 2. The van der Waals surface area contributed by atoms with Gasteiger partial charge in [-0.05, 0) is 36.2 Å².